The van der Waals surface area contributed by atoms with Gasteiger partial charge in [-0.3, -0.25) is 0 Å². The van der Waals surface area contributed by atoms with Crippen molar-refractivity contribution >= 4 is 22.1 Å². The molecule has 0 spiro atoms. The number of tetrazole rings is 1. The number of para-hydroxylation sites is 1. The number of hydrogen-bond acceptors (Lipinski definition) is 6. The molecule has 0 fully saturated rings. The number of H-pyrrole nitrogens is 1. The molecule has 0 saturated carbocycles. The van der Waals surface area contributed by atoms with Gasteiger partial charge >= 0.3 is 0 Å². The summed E-state index contributed by atoms with van der Waals surface area (Å²) in [6.07, 6.45) is 4.97. The summed E-state index contributed by atoms with van der Waals surface area (Å²) < 4.78 is 2.24. The Morgan fingerprint density at radius 2 is 1.80 bits per heavy atom. The standard InChI is InChI=1S/C27H24N8/c1-2-3-13-24-29-23-12-7-16-28-27(23)35(24)17-19-9-6-8-18-14-15-22(30-25(18)19)20-10-4-5-11-21(20)26-31-33-34-32-26/h4-12,14-16H,2-3,13,17H2,1H3,(H,31,32,33,34). The van der Waals surface area contributed by atoms with Gasteiger partial charge in [0.1, 0.15) is 11.3 Å². The molecule has 1 N–H and O–H groups in total. The second-order valence-electron chi connectivity index (χ2n) is 8.53. The number of rotatable bonds is 7. The second kappa shape index (κ2) is 9.06. The van der Waals surface area contributed by atoms with Crippen LogP contribution in [-0.2, 0) is 13.0 Å². The number of fused-ring (bicyclic) bond motifs is 2. The Labute approximate surface area is 202 Å². The van der Waals surface area contributed by atoms with Crippen LogP contribution < -0.4 is 0 Å². The zero-order valence-electron chi connectivity index (χ0n) is 19.4. The molecule has 6 aromatic rings. The topological polar surface area (TPSA) is 98.1 Å². The molecule has 0 aliphatic heterocycles. The summed E-state index contributed by atoms with van der Waals surface area (Å²) in [4.78, 5) is 14.7. The van der Waals surface area contributed by atoms with E-state index in [4.69, 9.17) is 9.97 Å². The predicted octanol–water partition coefficient (Wildman–Crippen LogP) is 5.22. The molecule has 8 nitrogen and oxygen atoms in total. The monoisotopic (exact) mass is 460 g/mol. The normalized spacial score (nSPS) is 11.5. The van der Waals surface area contributed by atoms with Crippen LogP contribution in [0.4, 0.5) is 0 Å². The number of aryl methyl sites for hydroxylation is 1. The second-order valence-corrected chi connectivity index (χ2v) is 8.53. The van der Waals surface area contributed by atoms with Crippen molar-refractivity contribution < 1.29 is 0 Å². The van der Waals surface area contributed by atoms with Crippen LogP contribution >= 0.6 is 0 Å². The van der Waals surface area contributed by atoms with Gasteiger partial charge in [-0.15, -0.1) is 10.2 Å². The lowest BCUT2D eigenvalue weighted by Crippen LogP contribution is -2.07. The molecule has 0 atom stereocenters. The van der Waals surface area contributed by atoms with Crippen LogP contribution in [-0.4, -0.2) is 40.1 Å². The van der Waals surface area contributed by atoms with Gasteiger partial charge in [0.25, 0.3) is 0 Å². The molecule has 2 aromatic carbocycles. The molecule has 4 aromatic heterocycles. The van der Waals surface area contributed by atoms with Crippen molar-refractivity contribution in [2.75, 3.05) is 0 Å². The molecule has 0 aliphatic carbocycles. The van der Waals surface area contributed by atoms with Crippen LogP contribution in [0.1, 0.15) is 31.2 Å². The quantitative estimate of drug-likeness (QED) is 0.351. The molecule has 0 radical (unpaired) electrons. The number of hydrogen-bond donors (Lipinski definition) is 1. The zero-order chi connectivity index (χ0) is 23.6. The minimum atomic E-state index is 0.548. The van der Waals surface area contributed by atoms with Crippen LogP contribution in [0.3, 0.4) is 0 Å². The van der Waals surface area contributed by atoms with Gasteiger partial charge in [0.05, 0.1) is 17.8 Å². The largest absolute Gasteiger partial charge is 0.308 e. The third-order valence-electron chi connectivity index (χ3n) is 6.26. The van der Waals surface area contributed by atoms with Crippen LogP contribution in [0.2, 0.25) is 0 Å². The van der Waals surface area contributed by atoms with Crippen molar-refractivity contribution in [3.05, 3.63) is 84.3 Å². The first kappa shape index (κ1) is 21.1. The zero-order valence-corrected chi connectivity index (χ0v) is 19.4. The van der Waals surface area contributed by atoms with Crippen molar-refractivity contribution in [3.63, 3.8) is 0 Å². The number of aromatic amines is 1. The average molecular weight is 461 g/mol. The third-order valence-corrected chi connectivity index (χ3v) is 6.26. The molecule has 0 unspecified atom stereocenters. The van der Waals surface area contributed by atoms with E-state index in [1.54, 1.807) is 0 Å². The summed E-state index contributed by atoms with van der Waals surface area (Å²) in [7, 11) is 0. The molecule has 0 aliphatic rings. The van der Waals surface area contributed by atoms with Gasteiger partial charge in [-0.05, 0) is 35.4 Å². The summed E-state index contributed by atoms with van der Waals surface area (Å²) in [5, 5.41) is 15.7. The van der Waals surface area contributed by atoms with E-state index in [1.165, 1.54) is 0 Å². The first-order chi connectivity index (χ1) is 17.3. The number of nitrogens with zero attached hydrogens (tertiary/aromatic N) is 7. The SMILES string of the molecule is CCCCc1nc2cccnc2n1Cc1cccc2ccc(-c3ccccc3-c3nn[nH]n3)nc12. The van der Waals surface area contributed by atoms with E-state index in [1.807, 2.05) is 48.7 Å². The van der Waals surface area contributed by atoms with E-state index in [2.05, 4.69) is 61.4 Å². The highest BCUT2D eigenvalue weighted by atomic mass is 15.5. The van der Waals surface area contributed by atoms with E-state index < -0.39 is 0 Å². The Hall–Kier alpha value is -4.46. The summed E-state index contributed by atoms with van der Waals surface area (Å²) in [6.45, 7) is 2.86. The molecular weight excluding hydrogens is 436 g/mol. The smallest absolute Gasteiger partial charge is 0.205 e. The maximum Gasteiger partial charge on any atom is 0.205 e. The lowest BCUT2D eigenvalue weighted by Gasteiger charge is -2.12. The Morgan fingerprint density at radius 3 is 2.66 bits per heavy atom. The van der Waals surface area contributed by atoms with E-state index >= 15 is 0 Å². The number of unbranched alkanes of at least 4 members (excludes halogenated alkanes) is 1. The molecule has 172 valence electrons. The van der Waals surface area contributed by atoms with Crippen molar-refractivity contribution in [1.82, 2.24) is 40.1 Å². The first-order valence-electron chi connectivity index (χ1n) is 11.8. The highest BCUT2D eigenvalue weighted by molar-refractivity contribution is 5.87. The highest BCUT2D eigenvalue weighted by Gasteiger charge is 2.16. The fraction of sp³-hybridized carbons (Fsp3) is 0.185. The molecule has 35 heavy (non-hydrogen) atoms. The fourth-order valence-electron chi connectivity index (χ4n) is 4.53. The molecule has 4 heterocycles. The van der Waals surface area contributed by atoms with Gasteiger partial charge in [0.2, 0.25) is 5.82 Å². The summed E-state index contributed by atoms with van der Waals surface area (Å²) in [6, 6.07) is 22.5. The average Bonchev–Trinajstić information content (AvgIpc) is 3.56. The van der Waals surface area contributed by atoms with E-state index in [0.29, 0.717) is 12.4 Å². The molecule has 0 saturated heterocycles. The van der Waals surface area contributed by atoms with Crippen LogP contribution in [0.5, 0.6) is 0 Å². The number of nitrogens with one attached hydrogen (secondary N) is 1. The number of aromatic nitrogens is 8. The Kier molecular flexibility index (Phi) is 5.46. The van der Waals surface area contributed by atoms with E-state index in [-0.39, 0.29) is 0 Å². The van der Waals surface area contributed by atoms with Crippen molar-refractivity contribution in [2.24, 2.45) is 0 Å². The third kappa shape index (κ3) is 3.93. The highest BCUT2D eigenvalue weighted by Crippen LogP contribution is 2.31. The Bertz CT molecular complexity index is 1620. The lowest BCUT2D eigenvalue weighted by molar-refractivity contribution is 0.688. The fourth-order valence-corrected chi connectivity index (χ4v) is 4.53. The molecule has 0 amide bonds. The summed E-state index contributed by atoms with van der Waals surface area (Å²) in [5.74, 6) is 1.61. The summed E-state index contributed by atoms with van der Waals surface area (Å²) >= 11 is 0. The minimum Gasteiger partial charge on any atom is -0.308 e. The maximum atomic E-state index is 5.13. The van der Waals surface area contributed by atoms with Gasteiger partial charge in [0.15, 0.2) is 5.65 Å². The maximum absolute atomic E-state index is 5.13. The van der Waals surface area contributed by atoms with Crippen LogP contribution in [0.25, 0.3) is 44.7 Å². The van der Waals surface area contributed by atoms with Crippen LogP contribution in [0.15, 0.2) is 72.9 Å². The van der Waals surface area contributed by atoms with E-state index in [9.17, 15) is 0 Å². The Morgan fingerprint density at radius 1 is 0.886 bits per heavy atom. The molecule has 6 rings (SSSR count). The first-order valence-corrected chi connectivity index (χ1v) is 11.8. The lowest BCUT2D eigenvalue weighted by atomic mass is 10.0. The van der Waals surface area contributed by atoms with Gasteiger partial charge in [-0.1, -0.05) is 61.9 Å². The van der Waals surface area contributed by atoms with Gasteiger partial charge in [0, 0.05) is 29.1 Å². The van der Waals surface area contributed by atoms with E-state index in [0.717, 1.165) is 69.5 Å². The molecule has 0 bridgehead atoms. The van der Waals surface area contributed by atoms with Gasteiger partial charge < -0.3 is 4.57 Å². The van der Waals surface area contributed by atoms with Crippen LogP contribution in [0, 0.1) is 0 Å². The van der Waals surface area contributed by atoms with Crippen molar-refractivity contribution in [1.29, 1.82) is 0 Å². The molecule has 8 heteroatoms. The summed E-state index contributed by atoms with van der Waals surface area (Å²) in [5.41, 5.74) is 6.65. The van der Waals surface area contributed by atoms with Crippen molar-refractivity contribution in [3.8, 4) is 22.6 Å². The number of imidazole rings is 1. The predicted molar refractivity (Wildman–Crippen MR) is 136 cm³/mol. The number of pyridine rings is 2. The van der Waals surface area contributed by atoms with Gasteiger partial charge in [-0.2, -0.15) is 5.21 Å². The molecular formula is C27H24N8. The van der Waals surface area contributed by atoms with Crippen molar-refractivity contribution in [2.45, 2.75) is 32.7 Å². The Balaban J connectivity index is 1.47. The number of benzene rings is 2. The van der Waals surface area contributed by atoms with Gasteiger partial charge in [-0.25, -0.2) is 15.0 Å². The minimum absolute atomic E-state index is 0.548.